The minimum absolute atomic E-state index is 0.0194. The van der Waals surface area contributed by atoms with E-state index in [1.807, 2.05) is 58.0 Å². The number of oxazole rings is 1. The van der Waals surface area contributed by atoms with Crippen LogP contribution in [-0.2, 0) is 17.7 Å². The van der Waals surface area contributed by atoms with Crippen molar-refractivity contribution in [3.8, 4) is 0 Å². The molecule has 3 N–H and O–H groups in total. The zero-order valence-corrected chi connectivity index (χ0v) is 18.6. The summed E-state index contributed by atoms with van der Waals surface area (Å²) < 4.78 is 11.3. The number of benzene rings is 1. The number of hydrogen-bond donors (Lipinski definition) is 3. The molecule has 0 aliphatic carbocycles. The first-order valence-corrected chi connectivity index (χ1v) is 10.5. The maximum absolute atomic E-state index is 12.3. The predicted molar refractivity (Wildman–Crippen MR) is 116 cm³/mol. The van der Waals surface area contributed by atoms with Gasteiger partial charge in [-0.25, -0.2) is 9.78 Å². The van der Waals surface area contributed by atoms with Crippen molar-refractivity contribution in [2.45, 2.75) is 71.7 Å². The Hall–Kier alpha value is -2.38. The van der Waals surface area contributed by atoms with Gasteiger partial charge in [0.2, 0.25) is 5.89 Å². The van der Waals surface area contributed by atoms with Crippen LogP contribution in [0.25, 0.3) is 0 Å². The summed E-state index contributed by atoms with van der Waals surface area (Å²) in [5.74, 6) is 1.23. The maximum atomic E-state index is 12.3. The molecular weight excluding hydrogens is 382 g/mol. The second-order valence-electron chi connectivity index (χ2n) is 8.62. The summed E-state index contributed by atoms with van der Waals surface area (Å²) in [4.78, 5) is 16.6. The number of aliphatic hydroxyl groups is 1. The van der Waals surface area contributed by atoms with Gasteiger partial charge < -0.3 is 24.9 Å². The molecule has 0 radical (unpaired) electrons. The summed E-state index contributed by atoms with van der Waals surface area (Å²) >= 11 is 0. The molecule has 0 fully saturated rings. The van der Waals surface area contributed by atoms with E-state index < -0.39 is 11.7 Å². The Bertz CT molecular complexity index is 770. The Labute approximate surface area is 179 Å². The van der Waals surface area contributed by atoms with Gasteiger partial charge in [-0.3, -0.25) is 0 Å². The van der Waals surface area contributed by atoms with E-state index in [0.29, 0.717) is 24.6 Å². The Morgan fingerprint density at radius 1 is 1.27 bits per heavy atom. The normalized spacial score (nSPS) is 14.7. The predicted octanol–water partition coefficient (Wildman–Crippen LogP) is 3.98. The lowest BCUT2D eigenvalue weighted by Gasteiger charge is -2.25. The summed E-state index contributed by atoms with van der Waals surface area (Å²) in [6.45, 7) is 10.0. The second-order valence-corrected chi connectivity index (χ2v) is 8.62. The molecule has 7 nitrogen and oxygen atoms in total. The van der Waals surface area contributed by atoms with E-state index in [0.717, 1.165) is 12.0 Å². The standard InChI is InChI=1S/C23H35N3O4/c1-6-16(2)20(26-22(28)30-23(3,4)5)21-25-14-19(29-21)13-24-18(15-27)12-17-10-8-7-9-11-17/h7-11,14,16,18,20,24,27H,6,12-13,15H2,1-5H3,(H,26,28)/t16-,18-,20-/m0/s1. The van der Waals surface area contributed by atoms with Gasteiger partial charge in [0.15, 0.2) is 0 Å². The van der Waals surface area contributed by atoms with E-state index in [1.54, 1.807) is 6.20 Å². The van der Waals surface area contributed by atoms with E-state index in [-0.39, 0.29) is 24.6 Å². The average Bonchev–Trinajstić information content (AvgIpc) is 3.16. The van der Waals surface area contributed by atoms with Gasteiger partial charge in [0.05, 0.1) is 19.3 Å². The first kappa shape index (κ1) is 23.9. The largest absolute Gasteiger partial charge is 0.444 e. The van der Waals surface area contributed by atoms with E-state index in [2.05, 4.69) is 22.5 Å². The van der Waals surface area contributed by atoms with Crippen LogP contribution in [0.5, 0.6) is 0 Å². The average molecular weight is 418 g/mol. The fraction of sp³-hybridized carbons (Fsp3) is 0.565. The van der Waals surface area contributed by atoms with Gasteiger partial charge in [0.1, 0.15) is 17.4 Å². The minimum Gasteiger partial charge on any atom is -0.444 e. The van der Waals surface area contributed by atoms with E-state index in [1.165, 1.54) is 0 Å². The van der Waals surface area contributed by atoms with Crippen molar-refractivity contribution >= 4 is 6.09 Å². The number of amides is 1. The topological polar surface area (TPSA) is 96.6 Å². The van der Waals surface area contributed by atoms with Gasteiger partial charge in [0, 0.05) is 6.04 Å². The monoisotopic (exact) mass is 417 g/mol. The van der Waals surface area contributed by atoms with Crippen molar-refractivity contribution in [1.29, 1.82) is 0 Å². The number of ether oxygens (including phenoxy) is 1. The van der Waals surface area contributed by atoms with Gasteiger partial charge in [-0.05, 0) is 38.7 Å². The van der Waals surface area contributed by atoms with Crippen LogP contribution in [-0.4, -0.2) is 34.4 Å². The quantitative estimate of drug-likeness (QED) is 0.541. The molecule has 2 aromatic rings. The third-order valence-corrected chi connectivity index (χ3v) is 4.83. The number of alkyl carbamates (subject to hydrolysis) is 1. The molecule has 0 aliphatic rings. The molecule has 2 rings (SSSR count). The van der Waals surface area contributed by atoms with Gasteiger partial charge in [-0.1, -0.05) is 50.6 Å². The highest BCUT2D eigenvalue weighted by atomic mass is 16.6. The highest BCUT2D eigenvalue weighted by Crippen LogP contribution is 2.25. The molecular formula is C23H35N3O4. The van der Waals surface area contributed by atoms with Crippen molar-refractivity contribution in [2.24, 2.45) is 5.92 Å². The van der Waals surface area contributed by atoms with Crippen molar-refractivity contribution in [3.05, 3.63) is 53.7 Å². The Morgan fingerprint density at radius 3 is 2.57 bits per heavy atom. The molecule has 166 valence electrons. The third-order valence-electron chi connectivity index (χ3n) is 4.83. The molecule has 1 aromatic carbocycles. The van der Waals surface area contributed by atoms with Crippen LogP contribution in [0, 0.1) is 5.92 Å². The number of rotatable bonds is 10. The van der Waals surface area contributed by atoms with Crippen LogP contribution in [0.3, 0.4) is 0 Å². The molecule has 1 aromatic heterocycles. The molecule has 0 unspecified atom stereocenters. The lowest BCUT2D eigenvalue weighted by Crippen LogP contribution is -2.37. The van der Waals surface area contributed by atoms with Crippen molar-refractivity contribution in [3.63, 3.8) is 0 Å². The van der Waals surface area contributed by atoms with Gasteiger partial charge in [0.25, 0.3) is 0 Å². The Kier molecular flexibility index (Phi) is 8.87. The fourth-order valence-electron chi connectivity index (χ4n) is 3.01. The van der Waals surface area contributed by atoms with Crippen molar-refractivity contribution < 1.29 is 19.1 Å². The number of aliphatic hydroxyl groups excluding tert-OH is 1. The van der Waals surface area contributed by atoms with E-state index in [4.69, 9.17) is 9.15 Å². The second kappa shape index (κ2) is 11.1. The van der Waals surface area contributed by atoms with Crippen LogP contribution in [0.15, 0.2) is 40.9 Å². The molecule has 0 saturated carbocycles. The summed E-state index contributed by atoms with van der Waals surface area (Å²) in [5, 5.41) is 15.9. The lowest BCUT2D eigenvalue weighted by atomic mass is 9.99. The number of nitrogens with zero attached hydrogens (tertiary/aromatic N) is 1. The first-order valence-electron chi connectivity index (χ1n) is 10.5. The number of carbonyl (C=O) groups excluding carboxylic acids is 1. The Morgan fingerprint density at radius 2 is 1.97 bits per heavy atom. The highest BCUT2D eigenvalue weighted by Gasteiger charge is 2.27. The Balaban J connectivity index is 1.99. The fourth-order valence-corrected chi connectivity index (χ4v) is 3.01. The lowest BCUT2D eigenvalue weighted by molar-refractivity contribution is 0.0474. The van der Waals surface area contributed by atoms with Crippen LogP contribution < -0.4 is 10.6 Å². The molecule has 7 heteroatoms. The molecule has 30 heavy (non-hydrogen) atoms. The molecule has 0 bridgehead atoms. The summed E-state index contributed by atoms with van der Waals surface area (Å²) in [6, 6.07) is 9.55. The van der Waals surface area contributed by atoms with Gasteiger partial charge >= 0.3 is 6.09 Å². The zero-order chi connectivity index (χ0) is 22.1. The molecule has 1 heterocycles. The van der Waals surface area contributed by atoms with E-state index >= 15 is 0 Å². The van der Waals surface area contributed by atoms with Crippen LogP contribution in [0.1, 0.15) is 64.3 Å². The summed E-state index contributed by atoms with van der Waals surface area (Å²) in [6.07, 6.45) is 2.73. The number of nitrogens with one attached hydrogen (secondary N) is 2. The first-order chi connectivity index (χ1) is 14.2. The summed E-state index contributed by atoms with van der Waals surface area (Å²) in [5.41, 5.74) is 0.578. The van der Waals surface area contributed by atoms with Crippen molar-refractivity contribution in [1.82, 2.24) is 15.6 Å². The molecule has 1 amide bonds. The highest BCUT2D eigenvalue weighted by molar-refractivity contribution is 5.68. The van der Waals surface area contributed by atoms with Crippen molar-refractivity contribution in [2.75, 3.05) is 6.61 Å². The third kappa shape index (κ3) is 7.80. The number of aromatic nitrogens is 1. The number of hydrogen-bond acceptors (Lipinski definition) is 6. The van der Waals surface area contributed by atoms with Crippen LogP contribution in [0.2, 0.25) is 0 Å². The van der Waals surface area contributed by atoms with Crippen LogP contribution >= 0.6 is 0 Å². The number of carbonyl (C=O) groups is 1. The van der Waals surface area contributed by atoms with Crippen LogP contribution in [0.4, 0.5) is 4.79 Å². The zero-order valence-electron chi connectivity index (χ0n) is 18.6. The van der Waals surface area contributed by atoms with Gasteiger partial charge in [-0.15, -0.1) is 0 Å². The van der Waals surface area contributed by atoms with Gasteiger partial charge in [-0.2, -0.15) is 0 Å². The molecule has 0 saturated heterocycles. The minimum atomic E-state index is -0.576. The maximum Gasteiger partial charge on any atom is 0.408 e. The molecule has 0 spiro atoms. The summed E-state index contributed by atoms with van der Waals surface area (Å²) in [7, 11) is 0. The smallest absolute Gasteiger partial charge is 0.408 e. The SMILES string of the molecule is CC[C@H](C)[C@H](NC(=O)OC(C)(C)C)c1ncc(CN[C@H](CO)Cc2ccccc2)o1. The molecule has 0 aliphatic heterocycles. The molecule has 3 atom stereocenters. The van der Waals surface area contributed by atoms with E-state index in [9.17, 15) is 9.90 Å².